The molecule has 0 radical (unpaired) electrons. The minimum atomic E-state index is -1.11. The molecular formula is C24H37N5O5S. The third kappa shape index (κ3) is 4.75. The Morgan fingerprint density at radius 2 is 1.97 bits per heavy atom. The van der Waals surface area contributed by atoms with E-state index in [0.29, 0.717) is 24.4 Å². The van der Waals surface area contributed by atoms with Crippen molar-refractivity contribution < 1.29 is 24.3 Å². The van der Waals surface area contributed by atoms with Crippen LogP contribution in [0.3, 0.4) is 0 Å². The molecule has 35 heavy (non-hydrogen) atoms. The Bertz CT molecular complexity index is 941. The highest BCUT2D eigenvalue weighted by atomic mass is 32.2. The van der Waals surface area contributed by atoms with Gasteiger partial charge in [0.1, 0.15) is 11.5 Å². The van der Waals surface area contributed by atoms with Crippen LogP contribution in [-0.2, 0) is 19.2 Å². The van der Waals surface area contributed by atoms with E-state index in [-0.39, 0.29) is 77.5 Å². The molecule has 3 fully saturated rings. The summed E-state index contributed by atoms with van der Waals surface area (Å²) < 4.78 is 0. The number of thioether (sulfide) groups is 1. The molecule has 0 bridgehead atoms. The highest BCUT2D eigenvalue weighted by Crippen LogP contribution is 2.53. The number of ketones is 1. The Hall–Kier alpha value is -1.95. The van der Waals surface area contributed by atoms with Crippen LogP contribution >= 0.6 is 11.8 Å². The summed E-state index contributed by atoms with van der Waals surface area (Å²) in [5.74, 6) is -2.11. The number of likely N-dealkylation sites (tertiary alicyclic amines) is 1. The molecule has 0 spiro atoms. The molecule has 4 aliphatic heterocycles. The quantitative estimate of drug-likeness (QED) is 0.335. The maximum atomic E-state index is 13.1. The number of carboxylic acid groups (broad SMARTS) is 1. The van der Waals surface area contributed by atoms with Crippen LogP contribution in [0.25, 0.3) is 0 Å². The average Bonchev–Trinajstić information content (AvgIpc) is 3.35. The lowest BCUT2D eigenvalue weighted by Crippen LogP contribution is -2.62. The number of fused-ring (bicyclic) bond motifs is 1. The second-order valence-electron chi connectivity index (χ2n) is 10.6. The molecule has 0 saturated carbocycles. The van der Waals surface area contributed by atoms with Gasteiger partial charge in [0.25, 0.3) is 0 Å². The number of aliphatic carboxylic acids is 1. The predicted octanol–water partition coefficient (Wildman–Crippen LogP) is 0.115. The molecule has 6 N–H and O–H groups in total. The number of amides is 2. The summed E-state index contributed by atoms with van der Waals surface area (Å²) in [6, 6.07) is -0.326. The number of β-lactam (4-membered cyclic amide) rings is 1. The largest absolute Gasteiger partial charge is 0.477 e. The zero-order chi connectivity index (χ0) is 25.6. The normalized spacial score (nSPS) is 35.7. The first-order valence-corrected chi connectivity index (χ1v) is 13.4. The summed E-state index contributed by atoms with van der Waals surface area (Å²) in [4.78, 5) is 54.2. The maximum Gasteiger partial charge on any atom is 0.353 e. The molecule has 2 amide bonds. The molecule has 4 aliphatic rings. The van der Waals surface area contributed by atoms with Crippen LogP contribution in [0.15, 0.2) is 10.6 Å². The summed E-state index contributed by atoms with van der Waals surface area (Å²) in [5.41, 5.74) is 11.5. The van der Waals surface area contributed by atoms with Crippen molar-refractivity contribution in [3.8, 4) is 0 Å². The fraction of sp³-hybridized carbons (Fsp3) is 0.750. The van der Waals surface area contributed by atoms with Crippen molar-refractivity contribution in [2.24, 2.45) is 29.2 Å². The monoisotopic (exact) mass is 507 g/mol. The van der Waals surface area contributed by atoms with Gasteiger partial charge >= 0.3 is 5.97 Å². The first-order valence-electron chi connectivity index (χ1n) is 12.5. The minimum Gasteiger partial charge on any atom is -0.477 e. The smallest absolute Gasteiger partial charge is 0.353 e. The van der Waals surface area contributed by atoms with E-state index in [0.717, 1.165) is 12.8 Å². The number of carbonyl (C=O) groups excluding carboxylic acids is 3. The summed E-state index contributed by atoms with van der Waals surface area (Å²) in [7, 11) is 0. The van der Waals surface area contributed by atoms with Gasteiger partial charge in [-0.15, -0.1) is 11.8 Å². The van der Waals surface area contributed by atoms with E-state index in [1.165, 1.54) is 16.7 Å². The average molecular weight is 508 g/mol. The Morgan fingerprint density at radius 3 is 2.60 bits per heavy atom. The second kappa shape index (κ2) is 10.2. The fourth-order valence-corrected chi connectivity index (χ4v) is 7.71. The lowest BCUT2D eigenvalue weighted by Gasteiger charge is -2.47. The fourth-order valence-electron chi connectivity index (χ4n) is 6.23. The van der Waals surface area contributed by atoms with Gasteiger partial charge in [-0.05, 0) is 32.1 Å². The van der Waals surface area contributed by atoms with Crippen LogP contribution in [-0.4, -0.2) is 87.5 Å². The van der Waals surface area contributed by atoms with Gasteiger partial charge in [-0.25, -0.2) is 4.79 Å². The number of nitrogens with one attached hydrogen (secondary N) is 1. The molecule has 4 heterocycles. The molecule has 3 saturated heterocycles. The van der Waals surface area contributed by atoms with Crippen molar-refractivity contribution in [1.82, 2.24) is 15.1 Å². The zero-order valence-corrected chi connectivity index (χ0v) is 21.4. The van der Waals surface area contributed by atoms with Crippen molar-refractivity contribution in [3.05, 3.63) is 10.6 Å². The summed E-state index contributed by atoms with van der Waals surface area (Å²) in [6.45, 7) is 7.03. The Labute approximate surface area is 210 Å². The maximum absolute atomic E-state index is 13.1. The predicted molar refractivity (Wildman–Crippen MR) is 132 cm³/mol. The number of carbonyl (C=O) groups is 4. The summed E-state index contributed by atoms with van der Waals surface area (Å²) in [5, 5.41) is 13.3. The molecule has 0 aliphatic carbocycles. The van der Waals surface area contributed by atoms with E-state index in [1.807, 2.05) is 25.7 Å². The van der Waals surface area contributed by atoms with E-state index >= 15 is 0 Å². The molecule has 1 unspecified atom stereocenters. The topological polar surface area (TPSA) is 159 Å². The van der Waals surface area contributed by atoms with E-state index in [4.69, 9.17) is 11.5 Å². The van der Waals surface area contributed by atoms with Gasteiger partial charge in [-0.2, -0.15) is 0 Å². The third-order valence-corrected chi connectivity index (χ3v) is 9.58. The molecule has 0 aromatic carbocycles. The summed E-state index contributed by atoms with van der Waals surface area (Å²) >= 11 is 1.47. The van der Waals surface area contributed by atoms with Gasteiger partial charge in [0, 0.05) is 47.7 Å². The van der Waals surface area contributed by atoms with E-state index in [2.05, 4.69) is 5.32 Å². The number of hydrogen-bond donors (Lipinski definition) is 4. The van der Waals surface area contributed by atoms with Gasteiger partial charge in [0.2, 0.25) is 11.8 Å². The molecule has 4 rings (SSSR count). The first kappa shape index (κ1) is 26.1. The van der Waals surface area contributed by atoms with E-state index in [1.54, 1.807) is 0 Å². The van der Waals surface area contributed by atoms with Crippen molar-refractivity contribution in [2.45, 2.75) is 75.9 Å². The number of piperidine rings is 1. The van der Waals surface area contributed by atoms with Crippen molar-refractivity contribution in [2.75, 3.05) is 19.6 Å². The number of rotatable bonds is 8. The third-order valence-electron chi connectivity index (χ3n) is 8.06. The van der Waals surface area contributed by atoms with E-state index in [9.17, 15) is 24.3 Å². The van der Waals surface area contributed by atoms with Crippen LogP contribution in [0.4, 0.5) is 0 Å². The lowest BCUT2D eigenvalue weighted by atomic mass is 9.73. The Morgan fingerprint density at radius 1 is 1.26 bits per heavy atom. The molecular weight excluding hydrogens is 470 g/mol. The van der Waals surface area contributed by atoms with Gasteiger partial charge in [-0.1, -0.05) is 13.8 Å². The highest BCUT2D eigenvalue weighted by molar-refractivity contribution is 8.03. The SMILES string of the molecule is C[C@@H](CC(=O)CN)[C@H]1C(=O)N2C(C(=O)O)=C(S[C@@H]3CN[C@H](C(=O)N4CCC(N)C[C@@H]4C)C3)[C@H](C)[C@H]12. The van der Waals surface area contributed by atoms with Crippen LogP contribution in [0.2, 0.25) is 0 Å². The highest BCUT2D eigenvalue weighted by Gasteiger charge is 2.60. The van der Waals surface area contributed by atoms with Crippen LogP contribution < -0.4 is 16.8 Å². The molecule has 11 heteroatoms. The van der Waals surface area contributed by atoms with Crippen LogP contribution in [0, 0.1) is 17.8 Å². The number of hydrogen-bond acceptors (Lipinski definition) is 8. The molecule has 0 aromatic rings. The standard InChI is InChI=1S/C24H37N5O5S/c1-11(6-15(30)9-25)18-19-13(3)21(20(24(33)34)29(19)23(18)32)35-16-8-17(27-10-16)22(31)28-5-4-14(26)7-12(28)2/h11-14,16-19,27H,4-10,25-26H2,1-3H3,(H,33,34)/t11-,12-,13+,14?,16-,17-,18+,19+/m0/s1. The van der Waals surface area contributed by atoms with Crippen molar-refractivity contribution >= 4 is 35.3 Å². The van der Waals surface area contributed by atoms with E-state index < -0.39 is 11.9 Å². The van der Waals surface area contributed by atoms with Gasteiger partial charge in [0.05, 0.1) is 24.5 Å². The number of carboxylic acids is 1. The second-order valence-corrected chi connectivity index (χ2v) is 11.9. The molecule has 10 nitrogen and oxygen atoms in total. The molecule has 194 valence electrons. The first-order chi connectivity index (χ1) is 16.5. The number of nitrogens with zero attached hydrogens (tertiary/aromatic N) is 2. The van der Waals surface area contributed by atoms with Crippen LogP contribution in [0.1, 0.15) is 46.5 Å². The zero-order valence-electron chi connectivity index (χ0n) is 20.6. The molecule has 0 aromatic heterocycles. The number of nitrogens with two attached hydrogens (primary N) is 2. The van der Waals surface area contributed by atoms with Crippen molar-refractivity contribution in [3.63, 3.8) is 0 Å². The van der Waals surface area contributed by atoms with Gasteiger partial charge < -0.3 is 31.7 Å². The molecule has 8 atom stereocenters. The van der Waals surface area contributed by atoms with Gasteiger partial charge in [-0.3, -0.25) is 14.4 Å². The Kier molecular flexibility index (Phi) is 7.61. The minimum absolute atomic E-state index is 0.0293. The van der Waals surface area contributed by atoms with Crippen molar-refractivity contribution in [1.29, 1.82) is 0 Å². The summed E-state index contributed by atoms with van der Waals surface area (Å²) in [6.07, 6.45) is 2.41. The lowest BCUT2D eigenvalue weighted by molar-refractivity contribution is -0.160. The Balaban J connectivity index is 1.44. The number of Topliss-reactive ketones (excluding diaryl/α,β-unsaturated/α-hetero) is 1. The van der Waals surface area contributed by atoms with Gasteiger partial charge in [0.15, 0.2) is 0 Å². The van der Waals surface area contributed by atoms with Crippen LogP contribution in [0.5, 0.6) is 0 Å².